The zero-order valence-electron chi connectivity index (χ0n) is 10.1. The van der Waals surface area contributed by atoms with E-state index in [1.54, 1.807) is 0 Å². The van der Waals surface area contributed by atoms with Gasteiger partial charge >= 0.3 is 6.18 Å². The van der Waals surface area contributed by atoms with E-state index in [4.69, 9.17) is 0 Å². The normalized spacial score (nSPS) is 17.0. The Morgan fingerprint density at radius 3 is 2.68 bits per heavy atom. The Labute approximate surface area is 108 Å². The van der Waals surface area contributed by atoms with Crippen LogP contribution >= 0.6 is 0 Å². The topological polar surface area (TPSA) is 54.0 Å². The van der Waals surface area contributed by atoms with Gasteiger partial charge in [0, 0.05) is 12.2 Å². The number of aromatic nitrogens is 1. The average molecular weight is 273 g/mol. The van der Waals surface area contributed by atoms with Crippen LogP contribution in [0.1, 0.15) is 24.6 Å². The zero-order chi connectivity index (χ0) is 13.9. The van der Waals surface area contributed by atoms with Gasteiger partial charge in [0.25, 0.3) is 0 Å². The fourth-order valence-electron chi connectivity index (χ4n) is 1.61. The van der Waals surface area contributed by atoms with E-state index in [9.17, 15) is 18.0 Å². The Hall–Kier alpha value is -1.63. The maximum Gasteiger partial charge on any atom is 0.414 e. The van der Waals surface area contributed by atoms with Crippen molar-refractivity contribution in [3.05, 3.63) is 30.1 Å². The first-order chi connectivity index (χ1) is 8.97. The summed E-state index contributed by atoms with van der Waals surface area (Å²) in [6.45, 7) is -0.107. The first kappa shape index (κ1) is 13.8. The molecule has 2 N–H and O–H groups in total. The second-order valence-electron chi connectivity index (χ2n) is 4.45. The van der Waals surface area contributed by atoms with Gasteiger partial charge in [0.15, 0.2) is 6.04 Å². The molecule has 1 atom stereocenters. The number of halogens is 3. The lowest BCUT2D eigenvalue weighted by Gasteiger charge is -2.21. The maximum atomic E-state index is 12.9. The molecule has 1 saturated carbocycles. The molecule has 4 nitrogen and oxygen atoms in total. The number of hydrogen-bond donors (Lipinski definition) is 2. The summed E-state index contributed by atoms with van der Waals surface area (Å²) in [5, 5.41) is 4.83. The van der Waals surface area contributed by atoms with E-state index >= 15 is 0 Å². The molecule has 0 spiro atoms. The minimum atomic E-state index is -4.57. The van der Waals surface area contributed by atoms with Crippen LogP contribution in [-0.2, 0) is 4.79 Å². The molecule has 2 rings (SSSR count). The van der Waals surface area contributed by atoms with Gasteiger partial charge in [-0.2, -0.15) is 13.2 Å². The molecule has 1 heterocycles. The summed E-state index contributed by atoms with van der Waals surface area (Å²) in [7, 11) is 0. The van der Waals surface area contributed by atoms with E-state index in [1.807, 2.05) is 5.32 Å². The van der Waals surface area contributed by atoms with Crippen molar-refractivity contribution in [1.82, 2.24) is 15.6 Å². The largest absolute Gasteiger partial charge is 0.414 e. The second-order valence-corrected chi connectivity index (χ2v) is 4.45. The number of nitrogens with one attached hydrogen (secondary N) is 2. The predicted molar refractivity (Wildman–Crippen MR) is 62.2 cm³/mol. The molecule has 1 fully saturated rings. The van der Waals surface area contributed by atoms with Crippen LogP contribution in [0, 0.1) is 0 Å². The average Bonchev–Trinajstić information content (AvgIpc) is 3.17. The SMILES string of the molecule is O=C(CNC1CC1)N[C@H](c1ccccn1)C(F)(F)F. The van der Waals surface area contributed by atoms with Crippen molar-refractivity contribution < 1.29 is 18.0 Å². The Bertz CT molecular complexity index is 432. The third kappa shape index (κ3) is 4.20. The number of carbonyl (C=O) groups is 1. The molecule has 104 valence electrons. The summed E-state index contributed by atoms with van der Waals surface area (Å²) in [5.74, 6) is -0.681. The molecule has 0 aliphatic heterocycles. The number of rotatable bonds is 5. The van der Waals surface area contributed by atoms with E-state index in [0.29, 0.717) is 0 Å². The molecular weight excluding hydrogens is 259 g/mol. The van der Waals surface area contributed by atoms with Crippen LogP contribution in [0.5, 0.6) is 0 Å². The van der Waals surface area contributed by atoms with Crippen LogP contribution < -0.4 is 10.6 Å². The number of pyridine rings is 1. The lowest BCUT2D eigenvalue weighted by Crippen LogP contribution is -2.42. The van der Waals surface area contributed by atoms with Crippen LogP contribution in [0.4, 0.5) is 13.2 Å². The van der Waals surface area contributed by atoms with Gasteiger partial charge in [0.1, 0.15) is 0 Å². The van der Waals surface area contributed by atoms with Gasteiger partial charge < -0.3 is 10.6 Å². The van der Waals surface area contributed by atoms with E-state index in [2.05, 4.69) is 10.3 Å². The molecule has 0 aromatic carbocycles. The van der Waals surface area contributed by atoms with Gasteiger partial charge in [-0.1, -0.05) is 6.07 Å². The van der Waals surface area contributed by atoms with Gasteiger partial charge in [-0.25, -0.2) is 0 Å². The number of alkyl halides is 3. The monoisotopic (exact) mass is 273 g/mol. The molecule has 0 radical (unpaired) electrons. The lowest BCUT2D eigenvalue weighted by molar-refractivity contribution is -0.164. The van der Waals surface area contributed by atoms with E-state index in [-0.39, 0.29) is 18.3 Å². The second kappa shape index (κ2) is 5.56. The minimum Gasteiger partial charge on any atom is -0.338 e. The molecule has 7 heteroatoms. The highest BCUT2D eigenvalue weighted by atomic mass is 19.4. The van der Waals surface area contributed by atoms with Gasteiger partial charge in [-0.05, 0) is 25.0 Å². The Balaban J connectivity index is 1.99. The van der Waals surface area contributed by atoms with Crippen molar-refractivity contribution in [2.45, 2.75) is 31.1 Å². The van der Waals surface area contributed by atoms with Crippen molar-refractivity contribution in [3.8, 4) is 0 Å². The number of amides is 1. The van der Waals surface area contributed by atoms with Crippen LogP contribution in [0.3, 0.4) is 0 Å². The van der Waals surface area contributed by atoms with Crippen LogP contribution in [0.15, 0.2) is 24.4 Å². The quantitative estimate of drug-likeness (QED) is 0.856. The third-order valence-corrected chi connectivity index (χ3v) is 2.74. The highest BCUT2D eigenvalue weighted by Crippen LogP contribution is 2.31. The van der Waals surface area contributed by atoms with Crippen LogP contribution in [-0.4, -0.2) is 29.7 Å². The summed E-state index contributed by atoms with van der Waals surface area (Å²) in [6.07, 6.45) is -1.36. The third-order valence-electron chi connectivity index (χ3n) is 2.74. The Morgan fingerprint density at radius 2 is 2.16 bits per heavy atom. The molecule has 0 bridgehead atoms. The smallest absolute Gasteiger partial charge is 0.338 e. The van der Waals surface area contributed by atoms with Gasteiger partial charge in [0.2, 0.25) is 5.91 Å². The van der Waals surface area contributed by atoms with Crippen molar-refractivity contribution in [2.75, 3.05) is 6.54 Å². The van der Waals surface area contributed by atoms with E-state index in [1.165, 1.54) is 24.4 Å². The lowest BCUT2D eigenvalue weighted by atomic mass is 10.2. The molecule has 1 aromatic heterocycles. The minimum absolute atomic E-state index is 0.107. The first-order valence-corrected chi connectivity index (χ1v) is 5.97. The van der Waals surface area contributed by atoms with Crippen molar-refractivity contribution in [1.29, 1.82) is 0 Å². The van der Waals surface area contributed by atoms with E-state index in [0.717, 1.165) is 12.8 Å². The molecule has 0 unspecified atom stereocenters. The first-order valence-electron chi connectivity index (χ1n) is 5.97. The van der Waals surface area contributed by atoms with Gasteiger partial charge in [0.05, 0.1) is 12.2 Å². The molecular formula is C12H14F3N3O. The highest BCUT2D eigenvalue weighted by molar-refractivity contribution is 5.78. The molecule has 1 aliphatic carbocycles. The highest BCUT2D eigenvalue weighted by Gasteiger charge is 2.42. The summed E-state index contributed by atoms with van der Waals surface area (Å²) in [4.78, 5) is 15.2. The van der Waals surface area contributed by atoms with Crippen LogP contribution in [0.2, 0.25) is 0 Å². The summed E-state index contributed by atoms with van der Waals surface area (Å²) in [5.41, 5.74) is -0.213. The maximum absolute atomic E-state index is 12.9. The molecule has 19 heavy (non-hydrogen) atoms. The number of carbonyl (C=O) groups excluding carboxylic acids is 1. The molecule has 0 saturated heterocycles. The van der Waals surface area contributed by atoms with Crippen molar-refractivity contribution in [2.24, 2.45) is 0 Å². The molecule has 1 aromatic rings. The van der Waals surface area contributed by atoms with Gasteiger partial charge in [-0.15, -0.1) is 0 Å². The Morgan fingerprint density at radius 1 is 1.42 bits per heavy atom. The predicted octanol–water partition coefficient (Wildman–Crippen LogP) is 1.55. The van der Waals surface area contributed by atoms with Crippen LogP contribution in [0.25, 0.3) is 0 Å². The summed E-state index contributed by atoms with van der Waals surface area (Å²) >= 11 is 0. The zero-order valence-corrected chi connectivity index (χ0v) is 10.1. The fourth-order valence-corrected chi connectivity index (χ4v) is 1.61. The number of nitrogens with zero attached hydrogens (tertiary/aromatic N) is 1. The molecule has 1 amide bonds. The van der Waals surface area contributed by atoms with Crippen molar-refractivity contribution >= 4 is 5.91 Å². The van der Waals surface area contributed by atoms with Crippen molar-refractivity contribution in [3.63, 3.8) is 0 Å². The standard InChI is InChI=1S/C12H14F3N3O/c13-12(14,15)11(9-3-1-2-6-16-9)18-10(19)7-17-8-4-5-8/h1-3,6,8,11,17H,4-5,7H2,(H,18,19)/t11-/m1/s1. The fraction of sp³-hybridized carbons (Fsp3) is 0.500. The molecule has 1 aliphatic rings. The van der Waals surface area contributed by atoms with E-state index < -0.39 is 18.1 Å². The Kier molecular flexibility index (Phi) is 4.04. The summed E-state index contributed by atoms with van der Waals surface area (Å²) in [6, 6.07) is 2.42. The summed E-state index contributed by atoms with van der Waals surface area (Å²) < 4.78 is 38.7. The van der Waals surface area contributed by atoms with Gasteiger partial charge in [-0.3, -0.25) is 9.78 Å². The number of hydrogen-bond acceptors (Lipinski definition) is 3.